The molecule has 1 atom stereocenters. The molecular formula is C10H18NO5. The number of amides is 1. The van der Waals surface area contributed by atoms with Crippen LogP contribution in [0.1, 0.15) is 34.1 Å². The first kappa shape index (κ1) is 14.7. The van der Waals surface area contributed by atoms with Gasteiger partial charge in [0.05, 0.1) is 7.11 Å². The van der Waals surface area contributed by atoms with Crippen LogP contribution in [0.25, 0.3) is 0 Å². The minimum absolute atomic E-state index is 0.126. The molecule has 0 spiro atoms. The Kier molecular flexibility index (Phi) is 4.74. The zero-order valence-corrected chi connectivity index (χ0v) is 10.2. The lowest BCUT2D eigenvalue weighted by molar-refractivity contribution is -0.175. The first-order valence-electron chi connectivity index (χ1n) is 4.94. The van der Waals surface area contributed by atoms with Crippen molar-refractivity contribution in [3.8, 4) is 0 Å². The summed E-state index contributed by atoms with van der Waals surface area (Å²) in [5.74, 6) is -1.04. The average molecular weight is 232 g/mol. The van der Waals surface area contributed by atoms with Gasteiger partial charge in [0.15, 0.2) is 0 Å². The molecule has 1 radical (unpaired) electrons. The van der Waals surface area contributed by atoms with Gasteiger partial charge >= 0.3 is 12.1 Å². The predicted molar refractivity (Wildman–Crippen MR) is 55.1 cm³/mol. The summed E-state index contributed by atoms with van der Waals surface area (Å²) in [5, 5.41) is 13.8. The molecule has 0 saturated carbocycles. The molecule has 6 nitrogen and oxygen atoms in total. The molecule has 0 bridgehead atoms. The van der Waals surface area contributed by atoms with Crippen LogP contribution in [-0.4, -0.2) is 30.5 Å². The third-order valence-electron chi connectivity index (χ3n) is 1.72. The number of nitrogens with one attached hydrogen (secondary N) is 1. The zero-order valence-electron chi connectivity index (χ0n) is 10.2. The van der Waals surface area contributed by atoms with E-state index in [-0.39, 0.29) is 6.42 Å². The van der Waals surface area contributed by atoms with Crippen LogP contribution in [0.2, 0.25) is 0 Å². The number of methoxy groups -OCH3 is 1. The third kappa shape index (κ3) is 4.48. The second kappa shape index (κ2) is 5.16. The van der Waals surface area contributed by atoms with Crippen molar-refractivity contribution >= 4 is 12.1 Å². The summed E-state index contributed by atoms with van der Waals surface area (Å²) in [6.45, 7) is 6.44. The van der Waals surface area contributed by atoms with Crippen molar-refractivity contribution in [3.63, 3.8) is 0 Å². The quantitative estimate of drug-likeness (QED) is 0.585. The van der Waals surface area contributed by atoms with Gasteiger partial charge in [0, 0.05) is 6.42 Å². The fourth-order valence-corrected chi connectivity index (χ4v) is 0.917. The van der Waals surface area contributed by atoms with Gasteiger partial charge in [-0.15, -0.1) is 0 Å². The number of ether oxygens (including phenoxy) is 2. The zero-order chi connectivity index (χ0) is 13.0. The van der Waals surface area contributed by atoms with Gasteiger partial charge in [0.1, 0.15) is 5.60 Å². The maximum atomic E-state index is 11.8. The number of carbonyl (C=O) groups excluding carboxylic acids is 2. The van der Waals surface area contributed by atoms with E-state index >= 15 is 0 Å². The van der Waals surface area contributed by atoms with E-state index in [4.69, 9.17) is 4.74 Å². The van der Waals surface area contributed by atoms with E-state index in [1.165, 1.54) is 6.92 Å². The fourth-order valence-electron chi connectivity index (χ4n) is 0.917. The highest BCUT2D eigenvalue weighted by atomic mass is 16.6. The molecule has 0 aliphatic carbocycles. The molecule has 0 aromatic carbocycles. The number of carbonyl (C=O) groups is 2. The molecule has 0 heterocycles. The SMILES string of the molecule is CCC([O])(NC(=O)OC(C)(C)C)C(=O)OC. The Bertz CT molecular complexity index is 271. The van der Waals surface area contributed by atoms with E-state index in [9.17, 15) is 14.7 Å². The van der Waals surface area contributed by atoms with E-state index in [2.05, 4.69) is 4.74 Å². The van der Waals surface area contributed by atoms with Crippen molar-refractivity contribution in [2.75, 3.05) is 7.11 Å². The molecule has 0 aliphatic rings. The second-order valence-electron chi connectivity index (χ2n) is 4.30. The van der Waals surface area contributed by atoms with Crippen LogP contribution in [0.4, 0.5) is 4.79 Å². The molecule has 0 aromatic heterocycles. The smallest absolute Gasteiger partial charge is 0.410 e. The molecule has 1 amide bonds. The average Bonchev–Trinajstić information content (AvgIpc) is 2.13. The van der Waals surface area contributed by atoms with Crippen LogP contribution >= 0.6 is 0 Å². The van der Waals surface area contributed by atoms with Crippen LogP contribution < -0.4 is 5.32 Å². The summed E-state index contributed by atoms with van der Waals surface area (Å²) in [6.07, 6.45) is -1.06. The highest BCUT2D eigenvalue weighted by Gasteiger charge is 2.40. The van der Waals surface area contributed by atoms with Crippen LogP contribution in [0.3, 0.4) is 0 Å². The van der Waals surface area contributed by atoms with E-state index in [0.29, 0.717) is 0 Å². The minimum Gasteiger partial charge on any atom is -0.465 e. The van der Waals surface area contributed by atoms with Crippen molar-refractivity contribution in [1.82, 2.24) is 5.32 Å². The Labute approximate surface area is 94.9 Å². The Hall–Kier alpha value is -1.30. The minimum atomic E-state index is -2.29. The van der Waals surface area contributed by atoms with Gasteiger partial charge in [0.2, 0.25) is 0 Å². The summed E-state index contributed by atoms with van der Waals surface area (Å²) >= 11 is 0. The van der Waals surface area contributed by atoms with Gasteiger partial charge in [-0.3, -0.25) is 5.32 Å². The van der Waals surface area contributed by atoms with Crippen molar-refractivity contribution in [2.45, 2.75) is 45.4 Å². The van der Waals surface area contributed by atoms with Crippen molar-refractivity contribution in [2.24, 2.45) is 0 Å². The van der Waals surface area contributed by atoms with Gasteiger partial charge in [0.25, 0.3) is 5.72 Å². The first-order valence-corrected chi connectivity index (χ1v) is 4.94. The van der Waals surface area contributed by atoms with Crippen LogP contribution in [0.5, 0.6) is 0 Å². The van der Waals surface area contributed by atoms with Gasteiger partial charge in [-0.2, -0.15) is 5.11 Å². The Morgan fingerprint density at radius 1 is 1.25 bits per heavy atom. The predicted octanol–water partition coefficient (Wildman–Crippen LogP) is 1.22. The molecule has 16 heavy (non-hydrogen) atoms. The summed E-state index contributed by atoms with van der Waals surface area (Å²) in [5.41, 5.74) is -3.02. The third-order valence-corrected chi connectivity index (χ3v) is 1.72. The van der Waals surface area contributed by atoms with Crippen molar-refractivity contribution < 1.29 is 24.2 Å². The van der Waals surface area contributed by atoms with Crippen LogP contribution in [-0.2, 0) is 19.4 Å². The van der Waals surface area contributed by atoms with Gasteiger partial charge in [-0.25, -0.2) is 9.59 Å². The normalized spacial score (nSPS) is 14.9. The lowest BCUT2D eigenvalue weighted by Crippen LogP contribution is -2.54. The highest BCUT2D eigenvalue weighted by Crippen LogP contribution is 2.12. The largest absolute Gasteiger partial charge is 0.465 e. The van der Waals surface area contributed by atoms with Crippen molar-refractivity contribution in [1.29, 1.82) is 0 Å². The summed E-state index contributed by atoms with van der Waals surface area (Å²) in [6, 6.07) is 0. The molecule has 0 rings (SSSR count). The summed E-state index contributed by atoms with van der Waals surface area (Å²) < 4.78 is 9.19. The molecule has 0 saturated heterocycles. The highest BCUT2D eigenvalue weighted by molar-refractivity contribution is 5.83. The van der Waals surface area contributed by atoms with E-state index in [0.717, 1.165) is 7.11 Å². The lowest BCUT2D eigenvalue weighted by Gasteiger charge is -2.25. The molecule has 0 fully saturated rings. The van der Waals surface area contributed by atoms with Crippen LogP contribution in [0.15, 0.2) is 0 Å². The van der Waals surface area contributed by atoms with Crippen molar-refractivity contribution in [3.05, 3.63) is 0 Å². The van der Waals surface area contributed by atoms with E-state index < -0.39 is 23.4 Å². The number of hydrogen-bond acceptors (Lipinski definition) is 4. The molecule has 1 N–H and O–H groups in total. The van der Waals surface area contributed by atoms with E-state index in [1.807, 2.05) is 5.32 Å². The van der Waals surface area contributed by atoms with Gasteiger partial charge in [-0.05, 0) is 20.8 Å². The molecule has 0 aliphatic heterocycles. The monoisotopic (exact) mass is 232 g/mol. The number of alkyl carbamates (subject to hydrolysis) is 1. The number of hydrogen-bond donors (Lipinski definition) is 1. The van der Waals surface area contributed by atoms with Gasteiger partial charge in [-0.1, -0.05) is 6.92 Å². The molecule has 6 heteroatoms. The summed E-state index contributed by atoms with van der Waals surface area (Å²) in [4.78, 5) is 22.5. The Balaban J connectivity index is 4.55. The van der Waals surface area contributed by atoms with Gasteiger partial charge < -0.3 is 9.47 Å². The van der Waals surface area contributed by atoms with Crippen LogP contribution in [0, 0.1) is 0 Å². The first-order chi connectivity index (χ1) is 7.14. The molecular weight excluding hydrogens is 214 g/mol. The maximum Gasteiger partial charge on any atom is 0.410 e. The Morgan fingerprint density at radius 2 is 1.75 bits per heavy atom. The fraction of sp³-hybridized carbons (Fsp3) is 0.800. The number of rotatable bonds is 3. The number of esters is 1. The molecule has 93 valence electrons. The molecule has 0 aromatic rings. The standard InChI is InChI=1S/C10H18NO5/c1-6-10(14,7(12)15-5)11-8(13)16-9(2,3)4/h6H2,1-5H3,(H,11,13). The van der Waals surface area contributed by atoms with E-state index in [1.54, 1.807) is 20.8 Å². The Morgan fingerprint density at radius 3 is 2.06 bits per heavy atom. The summed E-state index contributed by atoms with van der Waals surface area (Å²) in [7, 11) is 1.08. The lowest BCUT2D eigenvalue weighted by atomic mass is 10.1. The maximum absolute atomic E-state index is 11.8. The topological polar surface area (TPSA) is 84.5 Å². The molecule has 1 unspecified atom stereocenters. The second-order valence-corrected chi connectivity index (χ2v) is 4.30.